The van der Waals surface area contributed by atoms with Crippen molar-refractivity contribution in [3.63, 3.8) is 0 Å². The van der Waals surface area contributed by atoms with Crippen LogP contribution < -0.4 is 10.2 Å². The molecule has 0 bridgehead atoms. The van der Waals surface area contributed by atoms with Gasteiger partial charge in [-0.1, -0.05) is 12.1 Å². The van der Waals surface area contributed by atoms with E-state index in [0.717, 1.165) is 24.2 Å². The Hall–Kier alpha value is -3.22. The molecule has 0 saturated carbocycles. The number of carbonyl (C=O) groups excluding carboxylic acids is 2. The molecule has 1 N–H and O–H groups in total. The lowest BCUT2D eigenvalue weighted by Gasteiger charge is -2.19. The summed E-state index contributed by atoms with van der Waals surface area (Å²) < 4.78 is 0. The third-order valence-electron chi connectivity index (χ3n) is 4.36. The van der Waals surface area contributed by atoms with Crippen molar-refractivity contribution >= 4 is 28.9 Å². The van der Waals surface area contributed by atoms with E-state index >= 15 is 0 Å². The molecule has 2 aromatic rings. The summed E-state index contributed by atoms with van der Waals surface area (Å²) in [4.78, 5) is 36.0. The minimum atomic E-state index is -0.473. The number of non-ortho nitro benzene ring substituents is 1. The number of anilines is 2. The van der Waals surface area contributed by atoms with Crippen LogP contribution in [0, 0.1) is 17.0 Å². The average molecular weight is 353 g/mol. The number of nitro groups is 1. The Morgan fingerprint density at radius 3 is 2.54 bits per heavy atom. The highest BCUT2D eigenvalue weighted by Gasteiger charge is 2.23. The van der Waals surface area contributed by atoms with Crippen molar-refractivity contribution in [1.82, 2.24) is 0 Å². The molecule has 0 unspecified atom stereocenters. The van der Waals surface area contributed by atoms with E-state index in [1.165, 1.54) is 12.1 Å². The Balaban J connectivity index is 1.64. The summed E-state index contributed by atoms with van der Waals surface area (Å²) in [6, 6.07) is 11.4. The Morgan fingerprint density at radius 1 is 1.23 bits per heavy atom. The molecule has 26 heavy (non-hydrogen) atoms. The minimum Gasteiger partial charge on any atom is -0.326 e. The van der Waals surface area contributed by atoms with Crippen LogP contribution in [-0.2, 0) is 16.0 Å². The molecular weight excluding hydrogens is 334 g/mol. The first-order chi connectivity index (χ1) is 12.4. The monoisotopic (exact) mass is 353 g/mol. The van der Waals surface area contributed by atoms with Gasteiger partial charge in [0.15, 0.2) is 0 Å². The van der Waals surface area contributed by atoms with Crippen LogP contribution >= 0.6 is 0 Å². The maximum atomic E-state index is 12.2. The molecule has 134 valence electrons. The first-order valence-electron chi connectivity index (χ1n) is 8.38. The van der Waals surface area contributed by atoms with Crippen molar-refractivity contribution in [2.75, 3.05) is 16.8 Å². The van der Waals surface area contributed by atoms with Crippen LogP contribution in [0.2, 0.25) is 0 Å². The highest BCUT2D eigenvalue weighted by Crippen LogP contribution is 2.27. The highest BCUT2D eigenvalue weighted by atomic mass is 16.6. The van der Waals surface area contributed by atoms with E-state index in [4.69, 9.17) is 0 Å². The maximum Gasteiger partial charge on any atom is 0.269 e. The number of amides is 2. The molecular formula is C19H19N3O4. The van der Waals surface area contributed by atoms with Gasteiger partial charge in [0.2, 0.25) is 11.8 Å². The molecule has 0 aromatic heterocycles. The van der Waals surface area contributed by atoms with E-state index in [1.54, 1.807) is 23.1 Å². The van der Waals surface area contributed by atoms with Crippen molar-refractivity contribution in [3.05, 3.63) is 63.7 Å². The molecule has 1 fully saturated rings. The van der Waals surface area contributed by atoms with Crippen LogP contribution in [0.15, 0.2) is 42.5 Å². The number of aryl methyl sites for hydroxylation is 1. The largest absolute Gasteiger partial charge is 0.326 e. The zero-order chi connectivity index (χ0) is 18.7. The number of benzene rings is 2. The summed E-state index contributed by atoms with van der Waals surface area (Å²) >= 11 is 0. The predicted octanol–water partition coefficient (Wildman–Crippen LogP) is 3.21. The third kappa shape index (κ3) is 3.88. The molecule has 1 aliphatic rings. The van der Waals surface area contributed by atoms with Gasteiger partial charge in [-0.3, -0.25) is 19.7 Å². The van der Waals surface area contributed by atoms with E-state index in [9.17, 15) is 19.7 Å². The first kappa shape index (κ1) is 17.6. The van der Waals surface area contributed by atoms with Gasteiger partial charge in [0.1, 0.15) is 0 Å². The van der Waals surface area contributed by atoms with Gasteiger partial charge >= 0.3 is 0 Å². The molecule has 2 aromatic carbocycles. The second-order valence-electron chi connectivity index (χ2n) is 6.30. The molecule has 1 heterocycles. The summed E-state index contributed by atoms with van der Waals surface area (Å²) in [5.41, 5.74) is 3.15. The summed E-state index contributed by atoms with van der Waals surface area (Å²) in [6.07, 6.45) is 1.57. The summed E-state index contributed by atoms with van der Waals surface area (Å²) in [5, 5.41) is 13.5. The van der Waals surface area contributed by atoms with Gasteiger partial charge in [-0.15, -0.1) is 0 Å². The molecule has 1 saturated heterocycles. The maximum absolute atomic E-state index is 12.2. The molecule has 7 heteroatoms. The van der Waals surface area contributed by atoms with Crippen LogP contribution in [0.1, 0.15) is 24.0 Å². The summed E-state index contributed by atoms with van der Waals surface area (Å²) in [5.74, 6) is -0.0775. The van der Waals surface area contributed by atoms with Gasteiger partial charge in [-0.2, -0.15) is 0 Å². The van der Waals surface area contributed by atoms with Crippen molar-refractivity contribution in [3.8, 4) is 0 Å². The van der Waals surface area contributed by atoms with E-state index in [2.05, 4.69) is 5.32 Å². The van der Waals surface area contributed by atoms with Gasteiger partial charge in [-0.05, 0) is 42.7 Å². The second-order valence-corrected chi connectivity index (χ2v) is 6.30. The number of hydrogen-bond acceptors (Lipinski definition) is 4. The van der Waals surface area contributed by atoms with Crippen LogP contribution in [0.5, 0.6) is 0 Å². The number of rotatable bonds is 5. The van der Waals surface area contributed by atoms with Crippen LogP contribution in [-0.4, -0.2) is 23.3 Å². The fraction of sp³-hybridized carbons (Fsp3) is 0.263. The van der Waals surface area contributed by atoms with E-state index in [1.807, 2.05) is 19.1 Å². The zero-order valence-corrected chi connectivity index (χ0v) is 14.4. The fourth-order valence-electron chi connectivity index (χ4n) is 3.07. The van der Waals surface area contributed by atoms with Gasteiger partial charge in [-0.25, -0.2) is 0 Å². The lowest BCUT2D eigenvalue weighted by atomic mass is 10.1. The normalized spacial score (nSPS) is 13.7. The molecule has 0 spiro atoms. The van der Waals surface area contributed by atoms with Gasteiger partial charge in [0.25, 0.3) is 5.69 Å². The molecule has 2 amide bonds. The quantitative estimate of drug-likeness (QED) is 0.660. The molecule has 7 nitrogen and oxygen atoms in total. The molecule has 3 rings (SSSR count). The minimum absolute atomic E-state index is 0.00293. The number of carbonyl (C=O) groups is 2. The average Bonchev–Trinajstić information content (AvgIpc) is 3.01. The van der Waals surface area contributed by atoms with E-state index < -0.39 is 4.92 Å². The van der Waals surface area contributed by atoms with Gasteiger partial charge in [0, 0.05) is 36.5 Å². The van der Waals surface area contributed by atoms with Crippen molar-refractivity contribution in [2.24, 2.45) is 0 Å². The van der Waals surface area contributed by atoms with E-state index in [0.29, 0.717) is 17.7 Å². The van der Waals surface area contributed by atoms with Crippen LogP contribution in [0.4, 0.5) is 17.1 Å². The van der Waals surface area contributed by atoms with Gasteiger partial charge in [0.05, 0.1) is 11.3 Å². The number of nitrogens with one attached hydrogen (secondary N) is 1. The smallest absolute Gasteiger partial charge is 0.269 e. The Bertz CT molecular complexity index is 862. The van der Waals surface area contributed by atoms with Crippen molar-refractivity contribution < 1.29 is 14.5 Å². The zero-order valence-electron chi connectivity index (χ0n) is 14.4. The predicted molar refractivity (Wildman–Crippen MR) is 98.2 cm³/mol. The Labute approximate surface area is 150 Å². The summed E-state index contributed by atoms with van der Waals surface area (Å²) in [6.45, 7) is 2.64. The lowest BCUT2D eigenvalue weighted by molar-refractivity contribution is -0.384. The number of nitrogens with zero attached hydrogens (tertiary/aromatic N) is 2. The van der Waals surface area contributed by atoms with Gasteiger partial charge < -0.3 is 10.2 Å². The third-order valence-corrected chi connectivity index (χ3v) is 4.36. The first-order valence-corrected chi connectivity index (χ1v) is 8.38. The lowest BCUT2D eigenvalue weighted by Crippen LogP contribution is -2.24. The second kappa shape index (κ2) is 7.35. The molecule has 1 aliphatic heterocycles. The van der Waals surface area contributed by atoms with Crippen LogP contribution in [0.25, 0.3) is 0 Å². The standard InChI is InChI=1S/C19H19N3O4/c1-13-11-15(6-9-17(13)21-10-2-3-19(21)24)20-18(23)12-14-4-7-16(8-5-14)22(25)26/h4-9,11H,2-3,10,12H2,1H3,(H,20,23). The number of hydrogen-bond donors (Lipinski definition) is 1. The molecule has 0 aliphatic carbocycles. The fourth-order valence-corrected chi connectivity index (χ4v) is 3.07. The SMILES string of the molecule is Cc1cc(NC(=O)Cc2ccc([N+](=O)[O-])cc2)ccc1N1CCCC1=O. The highest BCUT2D eigenvalue weighted by molar-refractivity contribution is 5.97. The Kier molecular flexibility index (Phi) is 4.97. The Morgan fingerprint density at radius 2 is 1.96 bits per heavy atom. The number of nitro benzene ring substituents is 1. The van der Waals surface area contributed by atoms with Crippen molar-refractivity contribution in [1.29, 1.82) is 0 Å². The summed E-state index contributed by atoms with van der Waals surface area (Å²) in [7, 11) is 0. The van der Waals surface area contributed by atoms with Crippen molar-refractivity contribution in [2.45, 2.75) is 26.2 Å². The topological polar surface area (TPSA) is 92.5 Å². The molecule has 0 atom stereocenters. The van der Waals surface area contributed by atoms with E-state index in [-0.39, 0.29) is 23.9 Å². The molecule has 0 radical (unpaired) electrons. The van der Waals surface area contributed by atoms with Crippen LogP contribution in [0.3, 0.4) is 0 Å².